The van der Waals surface area contributed by atoms with Crippen LogP contribution in [0, 0.1) is 0 Å². The van der Waals surface area contributed by atoms with Crippen molar-refractivity contribution in [3.05, 3.63) is 89.1 Å². The van der Waals surface area contributed by atoms with E-state index < -0.39 is 11.8 Å². The Morgan fingerprint density at radius 1 is 0.944 bits per heavy atom. The molecule has 1 aliphatic heterocycles. The largest absolute Gasteiger partial charge is 0.495 e. The molecule has 0 bridgehead atoms. The number of rotatable bonds is 9. The number of nitrogens with zero attached hydrogens (tertiary/aromatic N) is 1. The molecule has 36 heavy (non-hydrogen) atoms. The van der Waals surface area contributed by atoms with E-state index in [-0.39, 0.29) is 23.1 Å². The van der Waals surface area contributed by atoms with Crippen LogP contribution in [0.1, 0.15) is 12.5 Å². The van der Waals surface area contributed by atoms with Gasteiger partial charge in [0.05, 0.1) is 31.5 Å². The lowest BCUT2D eigenvalue weighted by Gasteiger charge is -2.15. The van der Waals surface area contributed by atoms with Crippen LogP contribution in [0.5, 0.6) is 11.5 Å². The van der Waals surface area contributed by atoms with E-state index in [2.05, 4.69) is 10.6 Å². The van der Waals surface area contributed by atoms with Crippen LogP contribution in [-0.2, 0) is 20.8 Å². The molecule has 8 nitrogen and oxygen atoms in total. The van der Waals surface area contributed by atoms with E-state index in [4.69, 9.17) is 21.1 Å². The number of anilines is 3. The first-order valence-corrected chi connectivity index (χ1v) is 11.6. The molecule has 0 aromatic heterocycles. The highest BCUT2D eigenvalue weighted by molar-refractivity contribution is 6.53. The molecule has 9 heteroatoms. The lowest BCUT2D eigenvalue weighted by atomic mass is 10.1. The maximum atomic E-state index is 13.0. The highest BCUT2D eigenvalue weighted by Crippen LogP contribution is 2.31. The van der Waals surface area contributed by atoms with Crippen LogP contribution in [0.2, 0.25) is 0 Å². The molecule has 0 aliphatic carbocycles. The number of amides is 3. The normalized spacial score (nSPS) is 13.1. The Morgan fingerprint density at radius 3 is 2.31 bits per heavy atom. The summed E-state index contributed by atoms with van der Waals surface area (Å²) in [6.45, 7) is 2.38. The summed E-state index contributed by atoms with van der Waals surface area (Å²) in [6, 6.07) is 20.7. The van der Waals surface area contributed by atoms with Crippen LogP contribution in [-0.4, -0.2) is 31.4 Å². The number of carbonyl (C=O) groups excluding carboxylic acids is 3. The lowest BCUT2D eigenvalue weighted by Crippen LogP contribution is -2.32. The van der Waals surface area contributed by atoms with Gasteiger partial charge in [-0.3, -0.25) is 14.4 Å². The van der Waals surface area contributed by atoms with E-state index in [1.165, 1.54) is 0 Å². The standard InChI is InChI=1S/C27H24ClN3O5/c1-3-36-20-14-12-19(13-15-20)31-26(33)24(28)25(27(31)34)29-18-10-8-17(9-11-18)16-23(32)30-21-6-4-5-7-22(21)35-2/h4-15,29H,3,16H2,1-2H3,(H,30,32). The van der Waals surface area contributed by atoms with Crippen molar-refractivity contribution < 1.29 is 23.9 Å². The third-order valence-electron chi connectivity index (χ3n) is 5.40. The average molecular weight is 506 g/mol. The monoisotopic (exact) mass is 505 g/mol. The molecule has 3 aromatic rings. The maximum absolute atomic E-state index is 13.0. The number of hydrogen-bond donors (Lipinski definition) is 2. The second-order valence-electron chi connectivity index (χ2n) is 7.81. The van der Waals surface area contributed by atoms with Gasteiger partial charge in [0.15, 0.2) is 0 Å². The van der Waals surface area contributed by atoms with Crippen LogP contribution in [0.4, 0.5) is 17.1 Å². The van der Waals surface area contributed by atoms with Gasteiger partial charge in [-0.05, 0) is 61.0 Å². The van der Waals surface area contributed by atoms with Crippen molar-refractivity contribution in [2.45, 2.75) is 13.3 Å². The first-order valence-electron chi connectivity index (χ1n) is 11.2. The third-order valence-corrected chi connectivity index (χ3v) is 5.75. The number of benzene rings is 3. The molecule has 184 valence electrons. The molecule has 0 saturated heterocycles. The predicted octanol–water partition coefficient (Wildman–Crippen LogP) is 4.71. The molecule has 0 saturated carbocycles. The van der Waals surface area contributed by atoms with E-state index >= 15 is 0 Å². The Bertz CT molecular complexity index is 1320. The smallest absolute Gasteiger partial charge is 0.283 e. The van der Waals surface area contributed by atoms with Gasteiger partial charge in [0.25, 0.3) is 11.8 Å². The lowest BCUT2D eigenvalue weighted by molar-refractivity contribution is -0.120. The van der Waals surface area contributed by atoms with Crippen molar-refractivity contribution in [2.24, 2.45) is 0 Å². The highest BCUT2D eigenvalue weighted by Gasteiger charge is 2.38. The molecule has 3 amide bonds. The molecular formula is C27H24ClN3O5. The number of methoxy groups -OCH3 is 1. The number of halogens is 1. The number of para-hydroxylation sites is 2. The second-order valence-corrected chi connectivity index (χ2v) is 8.19. The summed E-state index contributed by atoms with van der Waals surface area (Å²) < 4.78 is 10.7. The van der Waals surface area contributed by atoms with Crippen molar-refractivity contribution in [3.8, 4) is 11.5 Å². The Labute approximate surface area is 213 Å². The Hall–Kier alpha value is -4.30. The predicted molar refractivity (Wildman–Crippen MR) is 138 cm³/mol. The van der Waals surface area contributed by atoms with Gasteiger partial charge in [0, 0.05) is 5.69 Å². The molecule has 1 heterocycles. The van der Waals surface area contributed by atoms with Crippen molar-refractivity contribution >= 4 is 46.4 Å². The molecule has 1 aliphatic rings. The fourth-order valence-electron chi connectivity index (χ4n) is 3.68. The molecular weight excluding hydrogens is 482 g/mol. The van der Waals surface area contributed by atoms with E-state index in [1.807, 2.05) is 19.1 Å². The number of carbonyl (C=O) groups is 3. The van der Waals surface area contributed by atoms with Crippen molar-refractivity contribution in [1.29, 1.82) is 0 Å². The minimum absolute atomic E-state index is 0.0165. The van der Waals surface area contributed by atoms with Crippen LogP contribution >= 0.6 is 11.6 Å². The number of hydrogen-bond acceptors (Lipinski definition) is 6. The van der Waals surface area contributed by atoms with Gasteiger partial charge < -0.3 is 20.1 Å². The topological polar surface area (TPSA) is 97.0 Å². The van der Waals surface area contributed by atoms with Gasteiger partial charge in [-0.2, -0.15) is 0 Å². The fourth-order valence-corrected chi connectivity index (χ4v) is 3.89. The summed E-state index contributed by atoms with van der Waals surface area (Å²) in [4.78, 5) is 39.1. The molecule has 0 spiro atoms. The van der Waals surface area contributed by atoms with Gasteiger partial charge in [-0.25, -0.2) is 4.90 Å². The maximum Gasteiger partial charge on any atom is 0.283 e. The van der Waals surface area contributed by atoms with Crippen LogP contribution in [0.3, 0.4) is 0 Å². The Kier molecular flexibility index (Phi) is 7.56. The van der Waals surface area contributed by atoms with E-state index in [1.54, 1.807) is 67.8 Å². The minimum Gasteiger partial charge on any atom is -0.495 e. The van der Waals surface area contributed by atoms with E-state index in [9.17, 15) is 14.4 Å². The number of nitrogens with one attached hydrogen (secondary N) is 2. The highest BCUT2D eigenvalue weighted by atomic mass is 35.5. The van der Waals surface area contributed by atoms with Crippen LogP contribution < -0.4 is 25.0 Å². The summed E-state index contributed by atoms with van der Waals surface area (Å²) in [5.74, 6) is -0.166. The van der Waals surface area contributed by atoms with Crippen molar-refractivity contribution in [2.75, 3.05) is 29.3 Å². The van der Waals surface area contributed by atoms with Gasteiger partial charge >= 0.3 is 0 Å². The summed E-state index contributed by atoms with van der Waals surface area (Å²) in [6.07, 6.45) is 0.144. The zero-order valence-electron chi connectivity index (χ0n) is 19.7. The van der Waals surface area contributed by atoms with Gasteiger partial charge in [0.2, 0.25) is 5.91 Å². The van der Waals surface area contributed by atoms with Gasteiger partial charge in [-0.15, -0.1) is 0 Å². The zero-order valence-corrected chi connectivity index (χ0v) is 20.5. The summed E-state index contributed by atoms with van der Waals surface area (Å²) in [5, 5.41) is 5.56. The second kappa shape index (κ2) is 11.0. The molecule has 0 atom stereocenters. The Morgan fingerprint density at radius 2 is 1.64 bits per heavy atom. The molecule has 4 rings (SSSR count). The first-order chi connectivity index (χ1) is 17.4. The zero-order chi connectivity index (χ0) is 25.7. The summed E-state index contributed by atoms with van der Waals surface area (Å²) in [5.41, 5.74) is 2.27. The van der Waals surface area contributed by atoms with Gasteiger partial charge in [-0.1, -0.05) is 35.9 Å². The Balaban J connectivity index is 1.41. The summed E-state index contributed by atoms with van der Waals surface area (Å²) in [7, 11) is 1.54. The molecule has 0 fully saturated rings. The van der Waals surface area contributed by atoms with E-state index in [0.29, 0.717) is 35.2 Å². The number of imide groups is 1. The van der Waals surface area contributed by atoms with Crippen molar-refractivity contribution in [3.63, 3.8) is 0 Å². The van der Waals surface area contributed by atoms with Crippen LogP contribution in [0.25, 0.3) is 0 Å². The number of ether oxygens (including phenoxy) is 2. The minimum atomic E-state index is -0.613. The van der Waals surface area contributed by atoms with Crippen LogP contribution in [0.15, 0.2) is 83.5 Å². The van der Waals surface area contributed by atoms with E-state index in [0.717, 1.165) is 10.5 Å². The summed E-state index contributed by atoms with van der Waals surface area (Å²) >= 11 is 6.22. The molecule has 3 aromatic carbocycles. The van der Waals surface area contributed by atoms with Crippen molar-refractivity contribution in [1.82, 2.24) is 0 Å². The molecule has 0 radical (unpaired) electrons. The quantitative estimate of drug-likeness (QED) is 0.409. The fraction of sp³-hybridized carbons (Fsp3) is 0.148. The first kappa shape index (κ1) is 24.8. The molecule has 2 N–H and O–H groups in total. The van der Waals surface area contributed by atoms with Gasteiger partial charge in [0.1, 0.15) is 22.2 Å². The average Bonchev–Trinajstić information content (AvgIpc) is 3.09. The SMILES string of the molecule is CCOc1ccc(N2C(=O)C(Cl)=C(Nc3ccc(CC(=O)Nc4ccccc4OC)cc3)C2=O)cc1. The molecule has 0 unspecified atom stereocenters. The third kappa shape index (κ3) is 5.34.